The molecule has 0 saturated carbocycles. The number of nitrogens with zero attached hydrogens (tertiary/aromatic N) is 2. The van der Waals surface area contributed by atoms with Gasteiger partial charge in [0.2, 0.25) is 0 Å². The SMILES string of the molecule is COc1ccc(CNC(=O)[C@H](C)OC(=O)c2c(C)nn(Cc3ccccc3)c2Cl)cc1. The Kier molecular flexibility index (Phi) is 7.31. The molecule has 3 rings (SSSR count). The van der Waals surface area contributed by atoms with Gasteiger partial charge in [0.05, 0.1) is 19.3 Å². The normalized spacial score (nSPS) is 11.6. The second-order valence-corrected chi connectivity index (χ2v) is 7.37. The monoisotopic (exact) mass is 441 g/mol. The first-order valence-electron chi connectivity index (χ1n) is 9.77. The lowest BCUT2D eigenvalue weighted by Gasteiger charge is -2.14. The number of aromatic nitrogens is 2. The van der Waals surface area contributed by atoms with Crippen LogP contribution in [0.15, 0.2) is 54.6 Å². The average Bonchev–Trinajstić information content (AvgIpc) is 3.05. The molecule has 7 nitrogen and oxygen atoms in total. The minimum Gasteiger partial charge on any atom is -0.497 e. The Balaban J connectivity index is 1.60. The van der Waals surface area contributed by atoms with E-state index in [0.29, 0.717) is 18.8 Å². The fourth-order valence-electron chi connectivity index (χ4n) is 3.00. The van der Waals surface area contributed by atoms with Crippen LogP contribution in [0, 0.1) is 6.92 Å². The second-order valence-electron chi connectivity index (χ2n) is 7.01. The summed E-state index contributed by atoms with van der Waals surface area (Å²) in [4.78, 5) is 25.0. The quantitative estimate of drug-likeness (QED) is 0.538. The van der Waals surface area contributed by atoms with E-state index in [2.05, 4.69) is 10.4 Å². The predicted molar refractivity (Wildman–Crippen MR) is 117 cm³/mol. The smallest absolute Gasteiger partial charge is 0.343 e. The van der Waals surface area contributed by atoms with Crippen molar-refractivity contribution in [2.45, 2.75) is 33.0 Å². The van der Waals surface area contributed by atoms with Crippen LogP contribution in [0.5, 0.6) is 5.75 Å². The largest absolute Gasteiger partial charge is 0.497 e. The fraction of sp³-hybridized carbons (Fsp3) is 0.261. The number of hydrogen-bond donors (Lipinski definition) is 1. The van der Waals surface area contributed by atoms with Gasteiger partial charge in [-0.3, -0.25) is 4.79 Å². The molecule has 0 spiro atoms. The van der Waals surface area contributed by atoms with Gasteiger partial charge in [-0.2, -0.15) is 5.10 Å². The molecule has 0 aliphatic heterocycles. The molecule has 162 valence electrons. The van der Waals surface area contributed by atoms with E-state index in [1.807, 2.05) is 54.6 Å². The number of methoxy groups -OCH3 is 1. The van der Waals surface area contributed by atoms with Crippen molar-refractivity contribution in [2.24, 2.45) is 0 Å². The van der Waals surface area contributed by atoms with E-state index in [0.717, 1.165) is 16.9 Å². The maximum Gasteiger partial charge on any atom is 0.343 e. The molecular formula is C23H24ClN3O4. The molecule has 1 amide bonds. The summed E-state index contributed by atoms with van der Waals surface area (Å²) in [6.45, 7) is 3.92. The molecule has 8 heteroatoms. The summed E-state index contributed by atoms with van der Waals surface area (Å²) >= 11 is 6.39. The van der Waals surface area contributed by atoms with E-state index in [1.165, 1.54) is 11.6 Å². The Morgan fingerprint density at radius 1 is 1.10 bits per heavy atom. The first-order chi connectivity index (χ1) is 14.9. The summed E-state index contributed by atoms with van der Waals surface area (Å²) in [6.07, 6.45) is -0.987. The molecule has 0 aliphatic rings. The summed E-state index contributed by atoms with van der Waals surface area (Å²) in [7, 11) is 1.59. The summed E-state index contributed by atoms with van der Waals surface area (Å²) in [5, 5.41) is 7.27. The lowest BCUT2D eigenvalue weighted by molar-refractivity contribution is -0.129. The highest BCUT2D eigenvalue weighted by Gasteiger charge is 2.25. The number of amides is 1. The van der Waals surface area contributed by atoms with Crippen molar-refractivity contribution in [3.05, 3.63) is 82.1 Å². The number of esters is 1. The molecule has 1 N–H and O–H groups in total. The Morgan fingerprint density at radius 2 is 1.77 bits per heavy atom. The summed E-state index contributed by atoms with van der Waals surface area (Å²) in [5.41, 5.74) is 2.50. The summed E-state index contributed by atoms with van der Waals surface area (Å²) in [6, 6.07) is 17.0. The van der Waals surface area contributed by atoms with Crippen LogP contribution in [-0.2, 0) is 22.6 Å². The van der Waals surface area contributed by atoms with Crippen molar-refractivity contribution >= 4 is 23.5 Å². The molecular weight excluding hydrogens is 418 g/mol. The minimum atomic E-state index is -0.987. The average molecular weight is 442 g/mol. The van der Waals surface area contributed by atoms with Crippen molar-refractivity contribution in [1.82, 2.24) is 15.1 Å². The molecule has 1 heterocycles. The maximum absolute atomic E-state index is 12.7. The molecule has 1 aromatic heterocycles. The highest BCUT2D eigenvalue weighted by molar-refractivity contribution is 6.32. The maximum atomic E-state index is 12.7. The zero-order chi connectivity index (χ0) is 22.4. The van der Waals surface area contributed by atoms with E-state index in [4.69, 9.17) is 21.1 Å². The van der Waals surface area contributed by atoms with Gasteiger partial charge in [0, 0.05) is 6.54 Å². The van der Waals surface area contributed by atoms with Gasteiger partial charge in [-0.15, -0.1) is 0 Å². The van der Waals surface area contributed by atoms with Crippen LogP contribution < -0.4 is 10.1 Å². The molecule has 0 aliphatic carbocycles. The topological polar surface area (TPSA) is 82.4 Å². The molecule has 0 unspecified atom stereocenters. The van der Waals surface area contributed by atoms with Crippen LogP contribution >= 0.6 is 11.6 Å². The van der Waals surface area contributed by atoms with Crippen molar-refractivity contribution < 1.29 is 19.1 Å². The lowest BCUT2D eigenvalue weighted by atomic mass is 10.2. The Labute approximate surface area is 185 Å². The molecule has 0 saturated heterocycles. The summed E-state index contributed by atoms with van der Waals surface area (Å²) in [5.74, 6) is -0.360. The number of hydrogen-bond acceptors (Lipinski definition) is 5. The zero-order valence-corrected chi connectivity index (χ0v) is 18.3. The minimum absolute atomic E-state index is 0.160. The van der Waals surface area contributed by atoms with Crippen LogP contribution in [0.25, 0.3) is 0 Å². The number of carbonyl (C=O) groups is 2. The highest BCUT2D eigenvalue weighted by atomic mass is 35.5. The van der Waals surface area contributed by atoms with Gasteiger partial charge in [0.25, 0.3) is 5.91 Å². The van der Waals surface area contributed by atoms with E-state index < -0.39 is 18.0 Å². The van der Waals surface area contributed by atoms with Crippen LogP contribution in [0.1, 0.15) is 34.1 Å². The van der Waals surface area contributed by atoms with E-state index in [9.17, 15) is 9.59 Å². The number of benzene rings is 2. The van der Waals surface area contributed by atoms with Gasteiger partial charge in [-0.25, -0.2) is 9.48 Å². The zero-order valence-electron chi connectivity index (χ0n) is 17.6. The number of halogens is 1. The highest BCUT2D eigenvalue weighted by Crippen LogP contribution is 2.22. The number of nitrogens with one attached hydrogen (secondary N) is 1. The molecule has 0 radical (unpaired) electrons. The van der Waals surface area contributed by atoms with Crippen molar-refractivity contribution in [3.8, 4) is 5.75 Å². The first-order valence-corrected chi connectivity index (χ1v) is 10.1. The van der Waals surface area contributed by atoms with Gasteiger partial charge in [0.1, 0.15) is 16.5 Å². The second kappa shape index (κ2) is 10.1. The van der Waals surface area contributed by atoms with Crippen molar-refractivity contribution in [1.29, 1.82) is 0 Å². The number of rotatable bonds is 8. The fourth-order valence-corrected chi connectivity index (χ4v) is 3.31. The lowest BCUT2D eigenvalue weighted by Crippen LogP contribution is -2.35. The number of aryl methyl sites for hydroxylation is 1. The van der Waals surface area contributed by atoms with Gasteiger partial charge in [-0.1, -0.05) is 54.1 Å². The molecule has 0 fully saturated rings. The first kappa shape index (κ1) is 22.4. The molecule has 2 aromatic carbocycles. The van der Waals surface area contributed by atoms with E-state index >= 15 is 0 Å². The predicted octanol–water partition coefficient (Wildman–Crippen LogP) is 3.76. The van der Waals surface area contributed by atoms with Crippen molar-refractivity contribution in [2.75, 3.05) is 7.11 Å². The Bertz CT molecular complexity index is 1050. The standard InChI is InChI=1S/C23H24ClN3O4/c1-15-20(21(24)27(26-15)14-18-7-5-4-6-8-18)23(29)31-16(2)22(28)25-13-17-9-11-19(30-3)12-10-17/h4-12,16H,13-14H2,1-3H3,(H,25,28)/t16-/m0/s1. The molecule has 3 aromatic rings. The summed E-state index contributed by atoms with van der Waals surface area (Å²) < 4.78 is 12.0. The van der Waals surface area contributed by atoms with Crippen LogP contribution in [0.3, 0.4) is 0 Å². The number of carbonyl (C=O) groups excluding carboxylic acids is 2. The molecule has 1 atom stereocenters. The number of ether oxygens (including phenoxy) is 2. The van der Waals surface area contributed by atoms with Crippen LogP contribution in [-0.4, -0.2) is 34.9 Å². The van der Waals surface area contributed by atoms with Gasteiger partial charge in [-0.05, 0) is 37.1 Å². The third-order valence-corrected chi connectivity index (χ3v) is 5.11. The third-order valence-electron chi connectivity index (χ3n) is 4.72. The van der Waals surface area contributed by atoms with Gasteiger partial charge in [0.15, 0.2) is 6.10 Å². The molecule has 0 bridgehead atoms. The van der Waals surface area contributed by atoms with Crippen molar-refractivity contribution in [3.63, 3.8) is 0 Å². The third kappa shape index (κ3) is 5.64. The van der Waals surface area contributed by atoms with E-state index in [1.54, 1.807) is 14.0 Å². The van der Waals surface area contributed by atoms with Crippen LogP contribution in [0.4, 0.5) is 0 Å². The van der Waals surface area contributed by atoms with Crippen LogP contribution in [0.2, 0.25) is 5.15 Å². The Hall–Kier alpha value is -3.32. The van der Waals surface area contributed by atoms with Gasteiger partial charge < -0.3 is 14.8 Å². The van der Waals surface area contributed by atoms with Gasteiger partial charge >= 0.3 is 5.97 Å². The molecule has 31 heavy (non-hydrogen) atoms. The Morgan fingerprint density at radius 3 is 2.42 bits per heavy atom. The van der Waals surface area contributed by atoms with E-state index in [-0.39, 0.29) is 10.7 Å².